The molecule has 9 nitrogen and oxygen atoms in total. The Morgan fingerprint density at radius 3 is 2.66 bits per heavy atom. The van der Waals surface area contributed by atoms with Gasteiger partial charge in [-0.1, -0.05) is 23.8 Å². The number of nitrogens with zero attached hydrogens (tertiary/aromatic N) is 1. The summed E-state index contributed by atoms with van der Waals surface area (Å²) in [6.07, 6.45) is 3.20. The Morgan fingerprint density at radius 1 is 1.29 bits per heavy atom. The Kier molecular flexibility index (Phi) is 10.8. The van der Waals surface area contributed by atoms with E-state index in [1.807, 2.05) is 44.1 Å². The van der Waals surface area contributed by atoms with Crippen LogP contribution < -0.4 is 20.5 Å². The highest BCUT2D eigenvalue weighted by Crippen LogP contribution is 2.31. The number of hydrogen-bond acceptors (Lipinski definition) is 8. The predicted octanol–water partition coefficient (Wildman–Crippen LogP) is 2.86. The van der Waals surface area contributed by atoms with Gasteiger partial charge in [0.05, 0.1) is 18.7 Å². The number of ether oxygens (including phenoxy) is 3. The van der Waals surface area contributed by atoms with E-state index in [1.54, 1.807) is 12.1 Å². The number of nitrogens with one attached hydrogen (secondary N) is 2. The standard InChI is InChI=1S/C24H30N4O3.C2H4O2/c1-16-4-7-22-18(10-16)11-19(15-31-22)24(29)27-21-6-5-17(20(13-25)14-26)12-23(21)30-9-8-28(2)3;1-4-2-3/h4-7,10,12-14,19,25H,8-9,11,15,26H2,1-3H3,(H,27,29);2H,1H3/b20-14+,25-13?;. The molecular formula is C26H34N4O5. The van der Waals surface area contributed by atoms with Crippen LogP contribution in [0, 0.1) is 18.3 Å². The van der Waals surface area contributed by atoms with Gasteiger partial charge in [0.2, 0.25) is 5.91 Å². The van der Waals surface area contributed by atoms with Crippen molar-refractivity contribution in [3.8, 4) is 11.5 Å². The summed E-state index contributed by atoms with van der Waals surface area (Å²) in [5.41, 5.74) is 9.73. The minimum absolute atomic E-state index is 0.112. The maximum absolute atomic E-state index is 13.0. The fraction of sp³-hybridized carbons (Fsp3) is 0.346. The van der Waals surface area contributed by atoms with E-state index in [1.165, 1.54) is 19.5 Å². The van der Waals surface area contributed by atoms with E-state index in [-0.39, 0.29) is 11.8 Å². The summed E-state index contributed by atoms with van der Waals surface area (Å²) in [7, 11) is 5.25. The molecule has 0 spiro atoms. The van der Waals surface area contributed by atoms with Crippen molar-refractivity contribution in [1.29, 1.82) is 5.41 Å². The summed E-state index contributed by atoms with van der Waals surface area (Å²) in [5.74, 6) is 0.991. The maximum atomic E-state index is 13.0. The third-order valence-electron chi connectivity index (χ3n) is 5.29. The van der Waals surface area contributed by atoms with Crippen LogP contribution in [0.5, 0.6) is 11.5 Å². The van der Waals surface area contributed by atoms with Gasteiger partial charge < -0.3 is 35.6 Å². The van der Waals surface area contributed by atoms with Crippen molar-refractivity contribution < 1.29 is 23.8 Å². The van der Waals surface area contributed by atoms with Gasteiger partial charge in [-0.3, -0.25) is 9.59 Å². The second-order valence-corrected chi connectivity index (χ2v) is 8.27. The van der Waals surface area contributed by atoms with E-state index in [9.17, 15) is 4.79 Å². The van der Waals surface area contributed by atoms with Gasteiger partial charge in [0.1, 0.15) is 24.7 Å². The van der Waals surface area contributed by atoms with Crippen molar-refractivity contribution in [2.75, 3.05) is 46.3 Å². The largest absolute Gasteiger partial charge is 0.492 e. The number of likely N-dealkylation sites (N-methyl/N-ethyl adjacent to an activating group) is 1. The van der Waals surface area contributed by atoms with Crippen molar-refractivity contribution in [2.45, 2.75) is 13.3 Å². The van der Waals surface area contributed by atoms with Gasteiger partial charge in [-0.25, -0.2) is 0 Å². The average Bonchev–Trinajstić information content (AvgIpc) is 2.85. The first-order valence-electron chi connectivity index (χ1n) is 11.2. The molecule has 4 N–H and O–H groups in total. The van der Waals surface area contributed by atoms with Crippen LogP contribution in [-0.2, 0) is 20.7 Å². The molecule has 9 heteroatoms. The summed E-state index contributed by atoms with van der Waals surface area (Å²) in [5, 5.41) is 10.5. The molecule has 0 bridgehead atoms. The van der Waals surface area contributed by atoms with Gasteiger partial charge in [0.15, 0.2) is 0 Å². The molecule has 35 heavy (non-hydrogen) atoms. The lowest BCUT2D eigenvalue weighted by molar-refractivity contribution is -0.126. The summed E-state index contributed by atoms with van der Waals surface area (Å²) in [6.45, 7) is 3.94. The van der Waals surface area contributed by atoms with Crippen molar-refractivity contribution in [3.63, 3.8) is 0 Å². The van der Waals surface area contributed by atoms with Crippen molar-refractivity contribution in [1.82, 2.24) is 4.90 Å². The van der Waals surface area contributed by atoms with Crippen molar-refractivity contribution >= 4 is 29.9 Å². The van der Waals surface area contributed by atoms with Gasteiger partial charge in [-0.2, -0.15) is 0 Å². The summed E-state index contributed by atoms with van der Waals surface area (Å²) in [4.78, 5) is 24.0. The number of benzene rings is 2. The van der Waals surface area contributed by atoms with Gasteiger partial charge in [0, 0.05) is 24.5 Å². The molecule has 0 aliphatic carbocycles. The topological polar surface area (TPSA) is 127 Å². The van der Waals surface area contributed by atoms with Crippen molar-refractivity contribution in [3.05, 3.63) is 59.3 Å². The predicted molar refractivity (Wildman–Crippen MR) is 137 cm³/mol. The number of methoxy groups -OCH3 is 1. The summed E-state index contributed by atoms with van der Waals surface area (Å²) in [6, 6.07) is 11.4. The van der Waals surface area contributed by atoms with Crippen LogP contribution in [0.1, 0.15) is 16.7 Å². The van der Waals surface area contributed by atoms with E-state index in [0.717, 1.165) is 29.0 Å². The van der Waals surface area contributed by atoms with E-state index >= 15 is 0 Å². The molecule has 0 fully saturated rings. The summed E-state index contributed by atoms with van der Waals surface area (Å²) >= 11 is 0. The molecule has 1 aliphatic rings. The number of fused-ring (bicyclic) bond motifs is 1. The Morgan fingerprint density at radius 2 is 2.03 bits per heavy atom. The quantitative estimate of drug-likeness (QED) is 0.370. The molecule has 2 aromatic carbocycles. The van der Waals surface area contributed by atoms with Crippen LogP contribution in [0.4, 0.5) is 5.69 Å². The van der Waals surface area contributed by atoms with Gasteiger partial charge in [0.25, 0.3) is 6.47 Å². The normalized spacial score (nSPS) is 14.5. The number of carbonyl (C=O) groups excluding carboxylic acids is 2. The maximum Gasteiger partial charge on any atom is 0.292 e. The molecule has 0 saturated carbocycles. The number of anilines is 1. The molecule has 1 amide bonds. The van der Waals surface area contributed by atoms with Crippen LogP contribution in [-0.4, -0.2) is 64.5 Å². The monoisotopic (exact) mass is 482 g/mol. The Bertz CT molecular complexity index is 1050. The second-order valence-electron chi connectivity index (χ2n) is 8.27. The van der Waals surface area contributed by atoms with Gasteiger partial charge in [-0.15, -0.1) is 0 Å². The number of amides is 1. The minimum Gasteiger partial charge on any atom is -0.492 e. The molecule has 2 aromatic rings. The average molecular weight is 483 g/mol. The Hall–Kier alpha value is -3.85. The van der Waals surface area contributed by atoms with Crippen LogP contribution in [0.15, 0.2) is 42.6 Å². The van der Waals surface area contributed by atoms with Crippen LogP contribution in [0.3, 0.4) is 0 Å². The zero-order valence-corrected chi connectivity index (χ0v) is 20.7. The molecule has 3 rings (SSSR count). The first-order valence-corrected chi connectivity index (χ1v) is 11.2. The molecule has 0 aromatic heterocycles. The minimum atomic E-state index is -0.287. The van der Waals surface area contributed by atoms with E-state index in [0.29, 0.717) is 43.1 Å². The van der Waals surface area contributed by atoms with Gasteiger partial charge in [-0.05, 0) is 56.8 Å². The van der Waals surface area contributed by atoms with Crippen LogP contribution in [0.2, 0.25) is 0 Å². The molecule has 0 saturated heterocycles. The lowest BCUT2D eigenvalue weighted by Gasteiger charge is -2.25. The molecule has 1 aliphatic heterocycles. The molecular weight excluding hydrogens is 448 g/mol. The number of nitrogens with two attached hydrogens (primary N) is 1. The zero-order valence-electron chi connectivity index (χ0n) is 20.7. The third kappa shape index (κ3) is 8.15. The Balaban J connectivity index is 0.00000100. The van der Waals surface area contributed by atoms with E-state index in [2.05, 4.69) is 16.1 Å². The number of hydrogen-bond donors (Lipinski definition) is 3. The molecule has 188 valence electrons. The molecule has 1 heterocycles. The Labute approximate surface area is 206 Å². The number of aryl methyl sites for hydroxylation is 1. The first-order chi connectivity index (χ1) is 16.8. The highest BCUT2D eigenvalue weighted by atomic mass is 16.5. The molecule has 0 radical (unpaired) electrons. The van der Waals surface area contributed by atoms with Gasteiger partial charge >= 0.3 is 0 Å². The SMILES string of the molecule is COC=O.Cc1ccc2c(c1)CC(C(=O)Nc1ccc(/C(C=N)=C/N)cc1OCCN(C)C)CO2. The fourth-order valence-corrected chi connectivity index (χ4v) is 3.42. The third-order valence-corrected chi connectivity index (χ3v) is 5.29. The number of rotatable bonds is 9. The highest BCUT2D eigenvalue weighted by Gasteiger charge is 2.27. The highest BCUT2D eigenvalue weighted by molar-refractivity contribution is 6.08. The van der Waals surface area contributed by atoms with Crippen LogP contribution >= 0.6 is 0 Å². The fourth-order valence-electron chi connectivity index (χ4n) is 3.42. The zero-order chi connectivity index (χ0) is 25.8. The smallest absolute Gasteiger partial charge is 0.292 e. The lowest BCUT2D eigenvalue weighted by atomic mass is 9.94. The van der Waals surface area contributed by atoms with Crippen LogP contribution in [0.25, 0.3) is 5.57 Å². The summed E-state index contributed by atoms with van der Waals surface area (Å²) < 4.78 is 15.6. The molecule has 1 unspecified atom stereocenters. The first kappa shape index (κ1) is 27.4. The molecule has 1 atom stereocenters. The second kappa shape index (κ2) is 13.8. The number of carbonyl (C=O) groups is 2. The van der Waals surface area contributed by atoms with Crippen molar-refractivity contribution in [2.24, 2.45) is 11.7 Å². The lowest BCUT2D eigenvalue weighted by Crippen LogP contribution is -2.32. The van der Waals surface area contributed by atoms with E-state index < -0.39 is 0 Å². The van der Waals surface area contributed by atoms with E-state index in [4.69, 9.17) is 25.4 Å². The number of allylic oxidation sites excluding steroid dienone is 1.